The maximum Gasteiger partial charge on any atom is 0.0912 e. The van der Waals surface area contributed by atoms with Gasteiger partial charge in [-0.25, -0.2) is 4.98 Å². The van der Waals surface area contributed by atoms with Gasteiger partial charge in [-0.2, -0.15) is 5.26 Å². The molecule has 0 unspecified atom stereocenters. The lowest BCUT2D eigenvalue weighted by Gasteiger charge is -1.81. The lowest BCUT2D eigenvalue weighted by molar-refractivity contribution is 1.20. The Morgan fingerprint density at radius 1 is 1.55 bits per heavy atom. The van der Waals surface area contributed by atoms with Crippen LogP contribution in [0, 0.1) is 25.2 Å². The predicted molar refractivity (Wildman–Crippen MR) is 46.2 cm³/mol. The molecule has 0 bridgehead atoms. The second-order valence-electron chi connectivity index (χ2n) is 2.14. The molecule has 0 aliphatic heterocycles. The molecule has 0 amide bonds. The normalized spacial score (nSPS) is 10.3. The maximum atomic E-state index is 8.27. The molecule has 0 aromatic carbocycles. The molecular weight excluding hydrogens is 156 g/mol. The second-order valence-corrected chi connectivity index (χ2v) is 3.38. The zero-order valence-corrected chi connectivity index (χ0v) is 7.27. The van der Waals surface area contributed by atoms with Crippen LogP contribution in [0.1, 0.15) is 15.6 Å². The van der Waals surface area contributed by atoms with E-state index in [1.54, 1.807) is 17.4 Å². The zero-order chi connectivity index (χ0) is 8.27. The minimum atomic E-state index is 0.999. The van der Waals surface area contributed by atoms with Crippen molar-refractivity contribution in [2.45, 2.75) is 13.8 Å². The van der Waals surface area contributed by atoms with Crippen molar-refractivity contribution in [3.63, 3.8) is 0 Å². The van der Waals surface area contributed by atoms with Gasteiger partial charge in [-0.05, 0) is 19.9 Å². The third-order valence-corrected chi connectivity index (χ3v) is 2.29. The number of thiazole rings is 1. The highest BCUT2D eigenvalue weighted by molar-refractivity contribution is 7.12. The summed E-state index contributed by atoms with van der Waals surface area (Å²) in [5.41, 5.74) is 0.999. The summed E-state index contributed by atoms with van der Waals surface area (Å²) >= 11 is 1.61. The van der Waals surface area contributed by atoms with Crippen LogP contribution >= 0.6 is 11.3 Å². The summed E-state index contributed by atoms with van der Waals surface area (Å²) in [5.74, 6) is 0. The highest BCUT2D eigenvalue weighted by Gasteiger charge is 1.99. The van der Waals surface area contributed by atoms with Crippen molar-refractivity contribution >= 4 is 17.4 Å². The Morgan fingerprint density at radius 2 is 2.27 bits per heavy atom. The number of nitriles is 1. The summed E-state index contributed by atoms with van der Waals surface area (Å²) in [6.07, 6.45) is 3.26. The van der Waals surface area contributed by atoms with Gasteiger partial charge >= 0.3 is 0 Å². The third-order valence-electron chi connectivity index (χ3n) is 1.25. The van der Waals surface area contributed by atoms with Crippen molar-refractivity contribution in [2.24, 2.45) is 0 Å². The first-order valence-corrected chi connectivity index (χ1v) is 4.06. The van der Waals surface area contributed by atoms with Crippen LogP contribution in [-0.4, -0.2) is 4.98 Å². The van der Waals surface area contributed by atoms with E-state index in [0.717, 1.165) is 15.6 Å². The van der Waals surface area contributed by atoms with E-state index in [4.69, 9.17) is 5.26 Å². The van der Waals surface area contributed by atoms with E-state index in [-0.39, 0.29) is 0 Å². The van der Waals surface area contributed by atoms with Gasteiger partial charge in [0.15, 0.2) is 0 Å². The molecule has 3 heteroatoms. The molecule has 11 heavy (non-hydrogen) atoms. The molecule has 1 aromatic heterocycles. The van der Waals surface area contributed by atoms with Gasteiger partial charge in [-0.15, -0.1) is 11.3 Å². The van der Waals surface area contributed by atoms with Crippen molar-refractivity contribution in [2.75, 3.05) is 0 Å². The molecule has 0 radical (unpaired) electrons. The maximum absolute atomic E-state index is 8.27. The summed E-state index contributed by atoms with van der Waals surface area (Å²) in [6.45, 7) is 3.90. The van der Waals surface area contributed by atoms with Crippen molar-refractivity contribution in [3.8, 4) is 6.07 Å². The number of aromatic nitrogens is 1. The van der Waals surface area contributed by atoms with Crippen molar-refractivity contribution < 1.29 is 0 Å². The van der Waals surface area contributed by atoms with Gasteiger partial charge in [0.05, 0.1) is 21.6 Å². The molecule has 0 aliphatic carbocycles. The topological polar surface area (TPSA) is 36.7 Å². The first kappa shape index (κ1) is 7.96. The summed E-state index contributed by atoms with van der Waals surface area (Å²) in [6, 6.07) is 1.95. The minimum absolute atomic E-state index is 0.999. The lowest BCUT2D eigenvalue weighted by Crippen LogP contribution is -1.72. The van der Waals surface area contributed by atoms with E-state index < -0.39 is 0 Å². The van der Waals surface area contributed by atoms with Gasteiger partial charge in [0.25, 0.3) is 0 Å². The molecule has 0 saturated carbocycles. The predicted octanol–water partition coefficient (Wildman–Crippen LogP) is 2.30. The van der Waals surface area contributed by atoms with Crippen LogP contribution in [-0.2, 0) is 0 Å². The number of nitrogens with zero attached hydrogens (tertiary/aromatic N) is 2. The molecule has 0 saturated heterocycles. The third kappa shape index (κ3) is 1.89. The Hall–Kier alpha value is -1.14. The fourth-order valence-electron chi connectivity index (χ4n) is 0.815. The Labute approximate surface area is 69.8 Å². The summed E-state index contributed by atoms with van der Waals surface area (Å²) in [7, 11) is 0. The van der Waals surface area contributed by atoms with Crippen LogP contribution in [0.4, 0.5) is 0 Å². The van der Waals surface area contributed by atoms with Gasteiger partial charge in [0.1, 0.15) is 0 Å². The van der Waals surface area contributed by atoms with Crippen LogP contribution in [0.5, 0.6) is 0 Å². The van der Waals surface area contributed by atoms with E-state index >= 15 is 0 Å². The summed E-state index contributed by atoms with van der Waals surface area (Å²) in [4.78, 5) is 5.30. The Morgan fingerprint density at radius 3 is 2.73 bits per heavy atom. The van der Waals surface area contributed by atoms with Gasteiger partial charge in [-0.1, -0.05) is 0 Å². The quantitative estimate of drug-likeness (QED) is 0.597. The van der Waals surface area contributed by atoms with Crippen LogP contribution in [0.15, 0.2) is 6.08 Å². The number of aryl methyl sites for hydroxylation is 2. The number of allylic oxidation sites excluding steroid dienone is 1. The van der Waals surface area contributed by atoms with E-state index in [1.165, 1.54) is 6.08 Å². The SMILES string of the molecule is Cc1nc(C)c(/C=C/C#N)s1. The highest BCUT2D eigenvalue weighted by Crippen LogP contribution is 2.18. The van der Waals surface area contributed by atoms with Crippen molar-refractivity contribution in [3.05, 3.63) is 21.7 Å². The standard InChI is InChI=1S/C8H8N2S/c1-6-8(4-3-5-9)11-7(2)10-6/h3-4H,1-2H3/b4-3+. The van der Waals surface area contributed by atoms with Crippen LogP contribution < -0.4 is 0 Å². The Kier molecular flexibility index (Phi) is 2.40. The van der Waals surface area contributed by atoms with Gasteiger partial charge in [0.2, 0.25) is 0 Å². The minimum Gasteiger partial charge on any atom is -0.246 e. The van der Waals surface area contributed by atoms with E-state index in [0.29, 0.717) is 0 Å². The number of hydrogen-bond donors (Lipinski definition) is 0. The van der Waals surface area contributed by atoms with Crippen LogP contribution in [0.2, 0.25) is 0 Å². The first-order chi connectivity index (χ1) is 5.24. The average molecular weight is 164 g/mol. The fourth-order valence-corrected chi connectivity index (χ4v) is 1.64. The average Bonchev–Trinajstić information content (AvgIpc) is 2.26. The van der Waals surface area contributed by atoms with E-state index in [9.17, 15) is 0 Å². The zero-order valence-electron chi connectivity index (χ0n) is 6.46. The first-order valence-electron chi connectivity index (χ1n) is 3.24. The number of hydrogen-bond acceptors (Lipinski definition) is 3. The van der Waals surface area contributed by atoms with Gasteiger partial charge < -0.3 is 0 Å². The Bertz CT molecular complexity index is 317. The van der Waals surface area contributed by atoms with Crippen molar-refractivity contribution in [1.82, 2.24) is 4.98 Å². The largest absolute Gasteiger partial charge is 0.246 e. The van der Waals surface area contributed by atoms with Crippen molar-refractivity contribution in [1.29, 1.82) is 5.26 Å². The highest BCUT2D eigenvalue weighted by atomic mass is 32.1. The molecular formula is C8H8N2S. The summed E-state index contributed by atoms with van der Waals surface area (Å²) in [5, 5.41) is 9.31. The molecule has 56 valence electrons. The molecule has 0 spiro atoms. The molecule has 0 N–H and O–H groups in total. The smallest absolute Gasteiger partial charge is 0.0912 e. The summed E-state index contributed by atoms with van der Waals surface area (Å²) < 4.78 is 0. The molecule has 0 atom stereocenters. The number of rotatable bonds is 1. The van der Waals surface area contributed by atoms with Gasteiger partial charge in [-0.3, -0.25) is 0 Å². The molecule has 0 fully saturated rings. The molecule has 1 heterocycles. The van der Waals surface area contributed by atoms with Gasteiger partial charge in [0, 0.05) is 6.08 Å². The lowest BCUT2D eigenvalue weighted by atomic mass is 10.3. The molecule has 2 nitrogen and oxygen atoms in total. The van der Waals surface area contributed by atoms with E-state index in [2.05, 4.69) is 4.98 Å². The van der Waals surface area contributed by atoms with Crippen LogP contribution in [0.25, 0.3) is 6.08 Å². The second kappa shape index (κ2) is 3.31. The molecule has 1 aromatic rings. The molecule has 0 aliphatic rings. The molecule has 1 rings (SSSR count). The monoisotopic (exact) mass is 164 g/mol. The Balaban J connectivity index is 2.96. The van der Waals surface area contributed by atoms with E-state index in [1.807, 2.05) is 19.9 Å². The fraction of sp³-hybridized carbons (Fsp3) is 0.250. The van der Waals surface area contributed by atoms with Crippen LogP contribution in [0.3, 0.4) is 0 Å².